The largest absolute Gasteiger partial charge is 0.497 e. The van der Waals surface area contributed by atoms with Crippen LogP contribution in [0.25, 0.3) is 16.7 Å². The number of ether oxygens (including phenoxy) is 4. The zero-order chi connectivity index (χ0) is 30.8. The Morgan fingerprint density at radius 3 is 2.40 bits per heavy atom. The van der Waals surface area contributed by atoms with Crippen LogP contribution in [0.5, 0.6) is 11.5 Å². The lowest BCUT2D eigenvalue weighted by molar-refractivity contribution is -0.152. The lowest BCUT2D eigenvalue weighted by Gasteiger charge is -2.35. The van der Waals surface area contributed by atoms with Gasteiger partial charge in [0.05, 0.1) is 26.3 Å². The van der Waals surface area contributed by atoms with Gasteiger partial charge in [0, 0.05) is 36.3 Å². The molecule has 1 N–H and O–H groups in total. The molecule has 1 aliphatic heterocycles. The highest BCUT2D eigenvalue weighted by Crippen LogP contribution is 2.34. The Bertz CT molecular complexity index is 1440. The average molecular weight is 582 g/mol. The normalized spacial score (nSPS) is 18.0. The topological polar surface area (TPSA) is 134 Å². The second kappa shape index (κ2) is 11.9. The maximum absolute atomic E-state index is 14.0. The van der Waals surface area contributed by atoms with E-state index in [0.717, 1.165) is 5.39 Å². The predicted molar refractivity (Wildman–Crippen MR) is 155 cm³/mol. The van der Waals surface area contributed by atoms with Gasteiger partial charge in [0.1, 0.15) is 35.3 Å². The molecule has 0 spiro atoms. The van der Waals surface area contributed by atoms with Crippen molar-refractivity contribution in [3.63, 3.8) is 0 Å². The Morgan fingerprint density at radius 1 is 1.07 bits per heavy atom. The minimum Gasteiger partial charge on any atom is -0.497 e. The van der Waals surface area contributed by atoms with Gasteiger partial charge < -0.3 is 29.2 Å². The molecule has 0 saturated carbocycles. The summed E-state index contributed by atoms with van der Waals surface area (Å²) in [7, 11) is 2.86. The number of fused-ring (bicyclic) bond motifs is 1. The first-order valence-corrected chi connectivity index (χ1v) is 13.7. The smallest absolute Gasteiger partial charge is 0.408 e. The molecule has 1 fully saturated rings. The standard InChI is InChI=1S/C30H39N5O7/c1-29(2,3)25(33-28(38)42-30(4,5)6)26(36)34-17-19(15-22(34)27(37)40-8)41-23-16-24(35-13-9-12-31-35)32-21-14-18(39-7)10-11-20(21)23/h9-14,16,19,22,25H,15,17H2,1-8H3,(H,33,38)/t19-,22?,25-/m1/s1. The first-order chi connectivity index (χ1) is 19.7. The summed E-state index contributed by atoms with van der Waals surface area (Å²) < 4.78 is 23.9. The molecule has 2 aromatic heterocycles. The molecule has 1 saturated heterocycles. The molecule has 0 bridgehead atoms. The number of amides is 2. The van der Waals surface area contributed by atoms with E-state index in [1.54, 1.807) is 63.2 Å². The number of methoxy groups -OCH3 is 2. The van der Waals surface area contributed by atoms with Crippen molar-refractivity contribution in [3.8, 4) is 17.3 Å². The monoisotopic (exact) mass is 581 g/mol. The van der Waals surface area contributed by atoms with Crippen molar-refractivity contribution < 1.29 is 33.3 Å². The highest BCUT2D eigenvalue weighted by Gasteiger charge is 2.46. The van der Waals surface area contributed by atoms with E-state index < -0.39 is 47.2 Å². The third kappa shape index (κ3) is 6.92. The van der Waals surface area contributed by atoms with Crippen LogP contribution in [0.3, 0.4) is 0 Å². The van der Waals surface area contributed by atoms with E-state index in [1.165, 1.54) is 12.0 Å². The van der Waals surface area contributed by atoms with Gasteiger partial charge >= 0.3 is 12.1 Å². The number of benzene rings is 1. The molecule has 12 heteroatoms. The van der Waals surface area contributed by atoms with Gasteiger partial charge in [-0.2, -0.15) is 5.10 Å². The molecular formula is C30H39N5O7. The molecule has 1 aromatic carbocycles. The quantitative estimate of drug-likeness (QED) is 0.413. The van der Waals surface area contributed by atoms with E-state index in [4.69, 9.17) is 23.9 Å². The second-order valence-electron chi connectivity index (χ2n) is 12.3. The molecule has 0 radical (unpaired) electrons. The number of carbonyl (C=O) groups is 3. The van der Waals surface area contributed by atoms with Gasteiger partial charge in [0.25, 0.3) is 0 Å². The Kier molecular flexibility index (Phi) is 8.65. The Labute approximate surface area is 245 Å². The van der Waals surface area contributed by atoms with Crippen LogP contribution in [0.1, 0.15) is 48.0 Å². The van der Waals surface area contributed by atoms with Crippen LogP contribution >= 0.6 is 0 Å². The number of esters is 1. The van der Waals surface area contributed by atoms with Crippen molar-refractivity contribution in [2.75, 3.05) is 20.8 Å². The van der Waals surface area contributed by atoms with Crippen LogP contribution in [0.15, 0.2) is 42.7 Å². The van der Waals surface area contributed by atoms with Crippen LogP contribution in [0.4, 0.5) is 4.79 Å². The van der Waals surface area contributed by atoms with Crippen LogP contribution < -0.4 is 14.8 Å². The van der Waals surface area contributed by atoms with Crippen molar-refractivity contribution in [2.45, 2.75) is 71.8 Å². The van der Waals surface area contributed by atoms with Gasteiger partial charge in [0.2, 0.25) is 5.91 Å². The van der Waals surface area contributed by atoms with E-state index in [2.05, 4.69) is 10.4 Å². The number of pyridine rings is 1. The van der Waals surface area contributed by atoms with Crippen LogP contribution in [0.2, 0.25) is 0 Å². The van der Waals surface area contributed by atoms with Crippen molar-refractivity contribution in [3.05, 3.63) is 42.7 Å². The fourth-order valence-electron chi connectivity index (χ4n) is 4.81. The summed E-state index contributed by atoms with van der Waals surface area (Å²) in [5.74, 6) is 0.667. The Hall–Kier alpha value is -4.35. The summed E-state index contributed by atoms with van der Waals surface area (Å²) in [4.78, 5) is 45.7. The molecule has 4 rings (SSSR count). The molecule has 0 aliphatic carbocycles. The second-order valence-corrected chi connectivity index (χ2v) is 12.3. The molecule has 3 heterocycles. The Balaban J connectivity index is 1.65. The van der Waals surface area contributed by atoms with Gasteiger partial charge in [0.15, 0.2) is 5.82 Å². The number of hydrogen-bond acceptors (Lipinski definition) is 9. The maximum Gasteiger partial charge on any atom is 0.408 e. The van der Waals surface area contributed by atoms with Gasteiger partial charge in [-0.3, -0.25) is 4.79 Å². The lowest BCUT2D eigenvalue weighted by Crippen LogP contribution is -2.57. The summed E-state index contributed by atoms with van der Waals surface area (Å²) in [6.07, 6.45) is 2.33. The van der Waals surface area contributed by atoms with E-state index in [9.17, 15) is 14.4 Å². The molecule has 226 valence electrons. The molecule has 3 aromatic rings. The summed E-state index contributed by atoms with van der Waals surface area (Å²) in [5.41, 5.74) is -0.808. The zero-order valence-corrected chi connectivity index (χ0v) is 25.3. The van der Waals surface area contributed by atoms with Crippen molar-refractivity contribution >= 4 is 28.9 Å². The van der Waals surface area contributed by atoms with E-state index >= 15 is 0 Å². The third-order valence-corrected chi connectivity index (χ3v) is 6.79. The fraction of sp³-hybridized carbons (Fsp3) is 0.500. The van der Waals surface area contributed by atoms with E-state index in [0.29, 0.717) is 22.8 Å². The number of nitrogens with one attached hydrogen (secondary N) is 1. The summed E-state index contributed by atoms with van der Waals surface area (Å²) >= 11 is 0. The molecule has 1 aliphatic rings. The number of rotatable bonds is 7. The van der Waals surface area contributed by atoms with E-state index in [-0.39, 0.29) is 13.0 Å². The molecule has 42 heavy (non-hydrogen) atoms. The Morgan fingerprint density at radius 2 is 1.81 bits per heavy atom. The number of carbonyl (C=O) groups excluding carboxylic acids is 3. The summed E-state index contributed by atoms with van der Waals surface area (Å²) in [6.45, 7) is 10.8. The number of hydrogen-bond donors (Lipinski definition) is 1. The number of likely N-dealkylation sites (tertiary alicyclic amines) is 1. The van der Waals surface area contributed by atoms with Crippen LogP contribution in [-0.4, -0.2) is 82.2 Å². The average Bonchev–Trinajstić information content (AvgIpc) is 3.59. The minimum absolute atomic E-state index is 0.0955. The SMILES string of the molecule is COC(=O)C1C[C@@H](Oc2cc(-n3cccn3)nc3cc(OC)ccc23)CN1C(=O)[C@@H](NC(=O)OC(C)(C)C)C(C)(C)C. The summed E-state index contributed by atoms with van der Waals surface area (Å²) in [6, 6.07) is 7.13. The number of alkyl carbamates (subject to hydrolysis) is 1. The van der Waals surface area contributed by atoms with Crippen LogP contribution in [-0.2, 0) is 19.1 Å². The molecule has 12 nitrogen and oxygen atoms in total. The first-order valence-electron chi connectivity index (χ1n) is 13.7. The van der Waals surface area contributed by atoms with Gasteiger partial charge in [-0.1, -0.05) is 20.8 Å². The fourth-order valence-corrected chi connectivity index (χ4v) is 4.81. The third-order valence-electron chi connectivity index (χ3n) is 6.79. The number of nitrogens with zero attached hydrogens (tertiary/aromatic N) is 4. The van der Waals surface area contributed by atoms with Gasteiger partial charge in [-0.15, -0.1) is 0 Å². The van der Waals surface area contributed by atoms with Crippen molar-refractivity contribution in [1.29, 1.82) is 0 Å². The van der Waals surface area contributed by atoms with Crippen LogP contribution in [0, 0.1) is 5.41 Å². The van der Waals surface area contributed by atoms with Gasteiger partial charge in [-0.25, -0.2) is 19.3 Å². The van der Waals surface area contributed by atoms with E-state index in [1.807, 2.05) is 32.9 Å². The molecule has 2 amide bonds. The minimum atomic E-state index is -0.973. The highest BCUT2D eigenvalue weighted by molar-refractivity contribution is 5.91. The number of aromatic nitrogens is 3. The zero-order valence-electron chi connectivity index (χ0n) is 25.3. The van der Waals surface area contributed by atoms with Crippen molar-refractivity contribution in [2.24, 2.45) is 5.41 Å². The first kappa shape index (κ1) is 30.6. The molecular weight excluding hydrogens is 542 g/mol. The van der Waals surface area contributed by atoms with Gasteiger partial charge in [-0.05, 0) is 44.4 Å². The molecule has 1 unspecified atom stereocenters. The maximum atomic E-state index is 14.0. The summed E-state index contributed by atoms with van der Waals surface area (Å²) in [5, 5.41) is 7.73. The predicted octanol–water partition coefficient (Wildman–Crippen LogP) is 3.89. The molecule has 3 atom stereocenters. The van der Waals surface area contributed by atoms with Crippen molar-refractivity contribution in [1.82, 2.24) is 25.0 Å². The lowest BCUT2D eigenvalue weighted by atomic mass is 9.85. The highest BCUT2D eigenvalue weighted by atomic mass is 16.6.